The molecule has 1 saturated heterocycles. The molecule has 1 aromatic heterocycles. The van der Waals surface area contributed by atoms with E-state index in [9.17, 15) is 13.2 Å². The van der Waals surface area contributed by atoms with Crippen LogP contribution in [-0.4, -0.2) is 36.4 Å². The zero-order chi connectivity index (χ0) is 13.5. The Morgan fingerprint density at radius 2 is 2.17 bits per heavy atom. The molecule has 0 aromatic carbocycles. The predicted octanol–water partition coefficient (Wildman–Crippen LogP) is 1.60. The number of hydrogen-bond acceptors (Lipinski definition) is 4. The van der Waals surface area contributed by atoms with Gasteiger partial charge < -0.3 is 5.11 Å². The summed E-state index contributed by atoms with van der Waals surface area (Å²) in [4.78, 5) is 12.0. The number of nitrogens with zero attached hydrogens (tertiary/aromatic N) is 1. The molecule has 2 heterocycles. The van der Waals surface area contributed by atoms with Crippen molar-refractivity contribution in [3.63, 3.8) is 0 Å². The highest BCUT2D eigenvalue weighted by atomic mass is 32.2. The van der Waals surface area contributed by atoms with Crippen molar-refractivity contribution >= 4 is 27.3 Å². The Labute approximate surface area is 110 Å². The van der Waals surface area contributed by atoms with Gasteiger partial charge in [-0.1, -0.05) is 0 Å². The summed E-state index contributed by atoms with van der Waals surface area (Å²) in [6.07, 6.45) is 0.984. The van der Waals surface area contributed by atoms with Gasteiger partial charge in [-0.25, -0.2) is 8.42 Å². The van der Waals surface area contributed by atoms with Crippen molar-refractivity contribution in [1.82, 2.24) is 4.31 Å². The molecule has 1 aliphatic rings. The number of hydrogen-bond donors (Lipinski definition) is 1. The molecule has 0 amide bonds. The van der Waals surface area contributed by atoms with Gasteiger partial charge in [0.2, 0.25) is 0 Å². The normalized spacial score (nSPS) is 21.3. The molecular formula is C11H15NO4S2. The Balaban J connectivity index is 2.43. The molecule has 5 nitrogen and oxygen atoms in total. The maximum atomic E-state index is 12.5. The SMILES string of the molecule is Cc1cc(C)c(S(=O)(=O)N2CCCC2C(=O)O)s1. The summed E-state index contributed by atoms with van der Waals surface area (Å²) in [5.74, 6) is -1.07. The summed E-state index contributed by atoms with van der Waals surface area (Å²) in [5, 5.41) is 9.07. The van der Waals surface area contributed by atoms with E-state index in [1.807, 2.05) is 13.0 Å². The maximum absolute atomic E-state index is 12.5. The van der Waals surface area contributed by atoms with Crippen LogP contribution in [0.25, 0.3) is 0 Å². The van der Waals surface area contributed by atoms with Gasteiger partial charge in [0, 0.05) is 11.4 Å². The maximum Gasteiger partial charge on any atom is 0.322 e. The van der Waals surface area contributed by atoms with E-state index in [2.05, 4.69) is 0 Å². The highest BCUT2D eigenvalue weighted by Crippen LogP contribution is 2.32. The molecule has 1 unspecified atom stereocenters. The minimum Gasteiger partial charge on any atom is -0.480 e. The molecular weight excluding hydrogens is 274 g/mol. The minimum absolute atomic E-state index is 0.271. The zero-order valence-electron chi connectivity index (χ0n) is 10.2. The van der Waals surface area contributed by atoms with Gasteiger partial charge in [-0.05, 0) is 38.3 Å². The average Bonchev–Trinajstić information content (AvgIpc) is 2.84. The van der Waals surface area contributed by atoms with Crippen molar-refractivity contribution in [3.8, 4) is 0 Å². The summed E-state index contributed by atoms with van der Waals surface area (Å²) in [6.45, 7) is 3.87. The van der Waals surface area contributed by atoms with Crippen molar-refractivity contribution in [2.75, 3.05) is 6.54 Å². The molecule has 0 radical (unpaired) electrons. The first-order valence-corrected chi connectivity index (χ1v) is 7.91. The van der Waals surface area contributed by atoms with Gasteiger partial charge in [-0.3, -0.25) is 4.79 Å². The second kappa shape index (κ2) is 4.64. The number of thiophene rings is 1. The van der Waals surface area contributed by atoms with Crippen LogP contribution in [0.5, 0.6) is 0 Å². The highest BCUT2D eigenvalue weighted by Gasteiger charge is 2.40. The van der Waals surface area contributed by atoms with Crippen LogP contribution in [0.2, 0.25) is 0 Å². The van der Waals surface area contributed by atoms with Crippen molar-refractivity contribution in [3.05, 3.63) is 16.5 Å². The van der Waals surface area contributed by atoms with Crippen LogP contribution in [0.1, 0.15) is 23.3 Å². The Kier molecular flexibility index (Phi) is 3.48. The molecule has 1 aliphatic heterocycles. The molecule has 1 atom stereocenters. The smallest absolute Gasteiger partial charge is 0.322 e. The quantitative estimate of drug-likeness (QED) is 0.917. The second-order valence-corrected chi connectivity index (χ2v) is 7.78. The molecule has 7 heteroatoms. The van der Waals surface area contributed by atoms with Gasteiger partial charge in [-0.15, -0.1) is 11.3 Å². The third-order valence-electron chi connectivity index (χ3n) is 3.03. The van der Waals surface area contributed by atoms with Gasteiger partial charge in [0.05, 0.1) is 0 Å². The molecule has 1 fully saturated rings. The fraction of sp³-hybridized carbons (Fsp3) is 0.545. The van der Waals surface area contributed by atoms with Crippen LogP contribution in [0.3, 0.4) is 0 Å². The third kappa shape index (κ3) is 2.17. The Morgan fingerprint density at radius 1 is 1.50 bits per heavy atom. The van der Waals surface area contributed by atoms with Gasteiger partial charge in [-0.2, -0.15) is 4.31 Å². The van der Waals surface area contributed by atoms with E-state index in [1.165, 1.54) is 11.3 Å². The zero-order valence-corrected chi connectivity index (χ0v) is 11.8. The molecule has 1 aromatic rings. The first-order valence-electron chi connectivity index (χ1n) is 5.65. The van der Waals surface area contributed by atoms with Gasteiger partial charge >= 0.3 is 5.97 Å². The molecule has 0 saturated carbocycles. The number of carbonyl (C=O) groups is 1. The third-order valence-corrected chi connectivity index (χ3v) is 6.70. The summed E-state index contributed by atoms with van der Waals surface area (Å²) in [7, 11) is -3.67. The Hall–Kier alpha value is -0.920. The van der Waals surface area contributed by atoms with E-state index < -0.39 is 22.0 Å². The second-order valence-electron chi connectivity index (χ2n) is 4.44. The molecule has 100 valence electrons. The van der Waals surface area contributed by atoms with Crippen LogP contribution in [0, 0.1) is 13.8 Å². The lowest BCUT2D eigenvalue weighted by Gasteiger charge is -2.20. The van der Waals surface area contributed by atoms with Crippen LogP contribution < -0.4 is 0 Å². The average molecular weight is 289 g/mol. The van der Waals surface area contributed by atoms with Gasteiger partial charge in [0.25, 0.3) is 10.0 Å². The molecule has 18 heavy (non-hydrogen) atoms. The number of aryl methyl sites for hydroxylation is 2. The minimum atomic E-state index is -3.67. The number of carboxylic acids is 1. The summed E-state index contributed by atoms with van der Waals surface area (Å²) in [6, 6.07) is 0.889. The number of aliphatic carboxylic acids is 1. The van der Waals surface area contributed by atoms with E-state index in [1.54, 1.807) is 6.92 Å². The van der Waals surface area contributed by atoms with Crippen molar-refractivity contribution < 1.29 is 18.3 Å². The van der Waals surface area contributed by atoms with E-state index in [0.29, 0.717) is 18.4 Å². The summed E-state index contributed by atoms with van der Waals surface area (Å²) >= 11 is 1.20. The fourth-order valence-corrected chi connectivity index (χ4v) is 5.69. The monoisotopic (exact) mass is 289 g/mol. The number of carboxylic acid groups (broad SMARTS) is 1. The Bertz CT molecular complexity index is 576. The highest BCUT2D eigenvalue weighted by molar-refractivity contribution is 7.91. The first kappa shape index (κ1) is 13.5. The summed E-state index contributed by atoms with van der Waals surface area (Å²) in [5.41, 5.74) is 0.688. The fourth-order valence-electron chi connectivity index (χ4n) is 2.26. The van der Waals surface area contributed by atoms with E-state index in [-0.39, 0.29) is 10.8 Å². The standard InChI is InChI=1S/C11H15NO4S2/c1-7-6-8(2)17-11(7)18(15,16)12-5-3-4-9(12)10(13)14/h6,9H,3-5H2,1-2H3,(H,13,14). The predicted molar refractivity (Wildman–Crippen MR) is 68.3 cm³/mol. The lowest BCUT2D eigenvalue weighted by atomic mass is 10.2. The van der Waals surface area contributed by atoms with Crippen molar-refractivity contribution in [2.24, 2.45) is 0 Å². The van der Waals surface area contributed by atoms with E-state index >= 15 is 0 Å². The molecule has 0 spiro atoms. The van der Waals surface area contributed by atoms with Gasteiger partial charge in [0.1, 0.15) is 10.3 Å². The van der Waals surface area contributed by atoms with Gasteiger partial charge in [0.15, 0.2) is 0 Å². The van der Waals surface area contributed by atoms with Crippen LogP contribution >= 0.6 is 11.3 Å². The van der Waals surface area contributed by atoms with Crippen LogP contribution in [0.4, 0.5) is 0 Å². The van der Waals surface area contributed by atoms with Crippen molar-refractivity contribution in [1.29, 1.82) is 0 Å². The van der Waals surface area contributed by atoms with Crippen LogP contribution in [0.15, 0.2) is 10.3 Å². The number of rotatable bonds is 3. The molecule has 0 bridgehead atoms. The first-order chi connectivity index (χ1) is 8.34. The lowest BCUT2D eigenvalue weighted by Crippen LogP contribution is -2.40. The summed E-state index contributed by atoms with van der Waals surface area (Å²) < 4.78 is 26.3. The molecule has 0 aliphatic carbocycles. The van der Waals surface area contributed by atoms with Crippen molar-refractivity contribution in [2.45, 2.75) is 36.9 Å². The molecule has 1 N–H and O–H groups in total. The van der Waals surface area contributed by atoms with E-state index in [0.717, 1.165) is 9.18 Å². The van der Waals surface area contributed by atoms with E-state index in [4.69, 9.17) is 5.11 Å². The lowest BCUT2D eigenvalue weighted by molar-refractivity contribution is -0.140. The number of sulfonamides is 1. The largest absolute Gasteiger partial charge is 0.480 e. The topological polar surface area (TPSA) is 74.7 Å². The Morgan fingerprint density at radius 3 is 2.67 bits per heavy atom. The molecule has 2 rings (SSSR count). The van der Waals surface area contributed by atoms with Crippen LogP contribution in [-0.2, 0) is 14.8 Å².